The van der Waals surface area contributed by atoms with Gasteiger partial charge in [-0.05, 0) is 42.7 Å². The summed E-state index contributed by atoms with van der Waals surface area (Å²) in [6.45, 7) is 2.22. The van der Waals surface area contributed by atoms with Gasteiger partial charge in [-0.25, -0.2) is 12.8 Å². The third-order valence-corrected chi connectivity index (χ3v) is 5.98. The number of carbonyl (C=O) groups is 1. The molecule has 0 bridgehead atoms. The van der Waals surface area contributed by atoms with Crippen molar-refractivity contribution in [3.05, 3.63) is 59.1 Å². The summed E-state index contributed by atoms with van der Waals surface area (Å²) < 4.78 is 29.1. The van der Waals surface area contributed by atoms with Crippen LogP contribution in [0.25, 0.3) is 0 Å². The minimum Gasteiger partial charge on any atom is -0.347 e. The van der Waals surface area contributed by atoms with Crippen LogP contribution in [0.5, 0.6) is 0 Å². The predicted octanol–water partition coefficient (Wildman–Crippen LogP) is 1.88. The van der Waals surface area contributed by atoms with Crippen LogP contribution >= 0.6 is 11.5 Å². The fourth-order valence-corrected chi connectivity index (χ4v) is 4.03. The lowest BCUT2D eigenvalue weighted by Crippen LogP contribution is -2.29. The second-order valence-corrected chi connectivity index (χ2v) is 8.04. The summed E-state index contributed by atoms with van der Waals surface area (Å²) >= 11 is 1.30. The van der Waals surface area contributed by atoms with Crippen LogP contribution in [-0.2, 0) is 21.2 Å². The van der Waals surface area contributed by atoms with Gasteiger partial charge in [-0.3, -0.25) is 9.79 Å². The van der Waals surface area contributed by atoms with Gasteiger partial charge in [0.25, 0.3) is 5.91 Å². The Morgan fingerprint density at radius 3 is 2.71 bits per heavy atom. The zero-order chi connectivity index (χ0) is 17.2. The molecule has 1 aliphatic heterocycles. The van der Waals surface area contributed by atoms with Gasteiger partial charge in [0.15, 0.2) is 5.37 Å². The second kappa shape index (κ2) is 6.66. The molecule has 0 fully saturated rings. The third kappa shape index (κ3) is 3.44. The number of nitrogens with one attached hydrogen (secondary N) is 1. The van der Waals surface area contributed by atoms with Crippen LogP contribution in [0, 0.1) is 6.92 Å². The first-order valence-corrected chi connectivity index (χ1v) is 9.58. The summed E-state index contributed by atoms with van der Waals surface area (Å²) in [5.74, 6) is -0.404. The highest BCUT2D eigenvalue weighted by Gasteiger charge is 2.29. The van der Waals surface area contributed by atoms with Crippen molar-refractivity contribution in [3.8, 4) is 0 Å². The van der Waals surface area contributed by atoms with E-state index in [4.69, 9.17) is 0 Å². The van der Waals surface area contributed by atoms with Gasteiger partial charge in [-0.1, -0.05) is 17.7 Å². The molecule has 2 aromatic rings. The number of benzene rings is 1. The molecular formula is C16H15N3O3S2. The van der Waals surface area contributed by atoms with Crippen LogP contribution in [0.15, 0.2) is 57.9 Å². The van der Waals surface area contributed by atoms with Crippen molar-refractivity contribution in [2.24, 2.45) is 4.99 Å². The standard InChI is InChI=1S/C16H15N3O3S2/c1-11-2-4-13(5-3-11)24(21,22)15-7-6-14(19-15)16(20)17-8-12-9-18-23-10-12/h2-7,9-10,15H,8H2,1H3,(H,17,20). The van der Waals surface area contributed by atoms with Crippen LogP contribution in [0.1, 0.15) is 11.1 Å². The summed E-state index contributed by atoms with van der Waals surface area (Å²) in [7, 11) is -3.64. The van der Waals surface area contributed by atoms with Gasteiger partial charge in [0.05, 0.1) is 4.90 Å². The number of aromatic nitrogens is 1. The number of hydrogen-bond donors (Lipinski definition) is 1. The van der Waals surface area contributed by atoms with Crippen LogP contribution in [0.2, 0.25) is 0 Å². The van der Waals surface area contributed by atoms with Crippen molar-refractivity contribution in [2.45, 2.75) is 23.7 Å². The highest BCUT2D eigenvalue weighted by molar-refractivity contribution is 7.92. The van der Waals surface area contributed by atoms with E-state index in [0.29, 0.717) is 6.54 Å². The Hall–Kier alpha value is -2.32. The smallest absolute Gasteiger partial charge is 0.269 e. The van der Waals surface area contributed by atoms with E-state index in [1.54, 1.807) is 30.5 Å². The van der Waals surface area contributed by atoms with Crippen molar-refractivity contribution in [2.75, 3.05) is 0 Å². The van der Waals surface area contributed by atoms with Gasteiger partial charge in [-0.2, -0.15) is 0 Å². The third-order valence-electron chi connectivity index (χ3n) is 3.52. The molecule has 1 aromatic heterocycles. The predicted molar refractivity (Wildman–Crippen MR) is 92.7 cm³/mol. The quantitative estimate of drug-likeness (QED) is 0.881. The molecule has 1 N–H and O–H groups in total. The Bertz CT molecular complexity index is 899. The van der Waals surface area contributed by atoms with Gasteiger partial charge in [0.2, 0.25) is 9.84 Å². The number of sulfone groups is 1. The maximum absolute atomic E-state index is 12.6. The van der Waals surface area contributed by atoms with E-state index >= 15 is 0 Å². The van der Waals surface area contributed by atoms with E-state index in [0.717, 1.165) is 11.1 Å². The average molecular weight is 361 g/mol. The van der Waals surface area contributed by atoms with E-state index in [1.807, 2.05) is 12.3 Å². The molecule has 1 aromatic carbocycles. The van der Waals surface area contributed by atoms with Crippen molar-refractivity contribution in [3.63, 3.8) is 0 Å². The lowest BCUT2D eigenvalue weighted by Gasteiger charge is -2.08. The van der Waals surface area contributed by atoms with Crippen molar-refractivity contribution in [1.29, 1.82) is 0 Å². The van der Waals surface area contributed by atoms with Crippen LogP contribution in [-0.4, -0.2) is 29.8 Å². The first-order valence-electron chi connectivity index (χ1n) is 7.20. The molecule has 2 heterocycles. The number of carbonyl (C=O) groups excluding carboxylic acids is 1. The maximum atomic E-state index is 12.6. The van der Waals surface area contributed by atoms with Crippen LogP contribution in [0.4, 0.5) is 0 Å². The van der Waals surface area contributed by atoms with Gasteiger partial charge >= 0.3 is 0 Å². The van der Waals surface area contributed by atoms with Crippen molar-refractivity contribution < 1.29 is 13.2 Å². The molecule has 1 amide bonds. The van der Waals surface area contributed by atoms with E-state index in [9.17, 15) is 13.2 Å². The van der Waals surface area contributed by atoms with Crippen LogP contribution in [0.3, 0.4) is 0 Å². The molecular weight excluding hydrogens is 346 g/mol. The van der Waals surface area contributed by atoms with Crippen molar-refractivity contribution in [1.82, 2.24) is 9.69 Å². The molecule has 8 heteroatoms. The van der Waals surface area contributed by atoms with E-state index < -0.39 is 21.1 Å². The zero-order valence-corrected chi connectivity index (χ0v) is 14.5. The molecule has 1 unspecified atom stereocenters. The molecule has 1 atom stereocenters. The lowest BCUT2D eigenvalue weighted by atomic mass is 10.2. The fraction of sp³-hybridized carbons (Fsp3) is 0.188. The molecule has 3 rings (SSSR count). The average Bonchev–Trinajstić information content (AvgIpc) is 3.25. The number of aliphatic imine (C=N–C) groups is 1. The number of aryl methyl sites for hydroxylation is 1. The van der Waals surface area contributed by atoms with Gasteiger partial charge in [-0.15, -0.1) is 0 Å². The summed E-state index contributed by atoms with van der Waals surface area (Å²) in [5.41, 5.74) is 1.97. The van der Waals surface area contributed by atoms with E-state index in [2.05, 4.69) is 14.7 Å². The topological polar surface area (TPSA) is 88.5 Å². The highest BCUT2D eigenvalue weighted by atomic mass is 32.2. The molecule has 0 spiro atoms. The highest BCUT2D eigenvalue weighted by Crippen LogP contribution is 2.21. The Morgan fingerprint density at radius 2 is 2.04 bits per heavy atom. The first-order chi connectivity index (χ1) is 11.5. The SMILES string of the molecule is Cc1ccc(S(=O)(=O)C2C=CC(C(=O)NCc3cnsc3)=N2)cc1. The van der Waals surface area contributed by atoms with Gasteiger partial charge < -0.3 is 5.32 Å². The Morgan fingerprint density at radius 1 is 1.29 bits per heavy atom. The first kappa shape index (κ1) is 16.5. The second-order valence-electron chi connectivity index (χ2n) is 5.34. The monoisotopic (exact) mass is 361 g/mol. The van der Waals surface area contributed by atoms with Gasteiger partial charge in [0.1, 0.15) is 5.71 Å². The normalized spacial score (nSPS) is 16.9. The largest absolute Gasteiger partial charge is 0.347 e. The molecule has 6 nitrogen and oxygen atoms in total. The number of nitrogens with zero attached hydrogens (tertiary/aromatic N) is 2. The maximum Gasteiger partial charge on any atom is 0.269 e. The summed E-state index contributed by atoms with van der Waals surface area (Å²) in [4.78, 5) is 16.3. The summed E-state index contributed by atoms with van der Waals surface area (Å²) in [6, 6.07) is 6.57. The number of rotatable bonds is 5. The van der Waals surface area contributed by atoms with E-state index in [-0.39, 0.29) is 10.6 Å². The van der Waals surface area contributed by atoms with Gasteiger partial charge in [0, 0.05) is 23.7 Å². The van der Waals surface area contributed by atoms with Crippen LogP contribution < -0.4 is 5.32 Å². The molecule has 0 saturated carbocycles. The molecule has 1 aliphatic rings. The lowest BCUT2D eigenvalue weighted by molar-refractivity contribution is -0.114. The van der Waals surface area contributed by atoms with Crippen molar-refractivity contribution >= 4 is 33.0 Å². The Balaban J connectivity index is 1.72. The molecule has 0 radical (unpaired) electrons. The number of amides is 1. The number of hydrogen-bond acceptors (Lipinski definition) is 6. The van der Waals surface area contributed by atoms with E-state index in [1.165, 1.54) is 23.7 Å². The minimum absolute atomic E-state index is 0.110. The molecule has 0 aliphatic carbocycles. The molecule has 24 heavy (non-hydrogen) atoms. The zero-order valence-electron chi connectivity index (χ0n) is 12.8. The Labute approximate surface area is 144 Å². The summed E-state index contributed by atoms with van der Waals surface area (Å²) in [5, 5.41) is 3.46. The Kier molecular flexibility index (Phi) is 4.59. The minimum atomic E-state index is -3.64. The summed E-state index contributed by atoms with van der Waals surface area (Å²) in [6.07, 6.45) is 4.54. The fourth-order valence-electron chi connectivity index (χ4n) is 2.16. The molecule has 0 saturated heterocycles. The molecule has 124 valence electrons.